The Morgan fingerprint density at radius 3 is 1.88 bits per heavy atom. The van der Waals surface area contributed by atoms with E-state index in [1.165, 1.54) is 108 Å². The highest BCUT2D eigenvalue weighted by molar-refractivity contribution is 5.92. The summed E-state index contributed by atoms with van der Waals surface area (Å²) in [5.41, 5.74) is 8.97. The third-order valence-corrected chi connectivity index (χ3v) is 7.06. The highest BCUT2D eigenvalue weighted by Crippen LogP contribution is 2.23. The van der Waals surface area contributed by atoms with Crippen molar-refractivity contribution in [3.05, 3.63) is 30.0 Å². The summed E-state index contributed by atoms with van der Waals surface area (Å²) >= 11 is 0. The highest BCUT2D eigenvalue weighted by atomic mass is 16.1. The maximum atomic E-state index is 12.1. The van der Waals surface area contributed by atoms with E-state index in [0.717, 1.165) is 29.4 Å². The SMILES string of the molecule is CCCCCCCCCCCCCCCCCCCC(=O)NCCc1c[nH]c2c(N)cccc12. The molecule has 0 aliphatic carbocycles. The summed E-state index contributed by atoms with van der Waals surface area (Å²) in [7, 11) is 0. The second-order valence-corrected chi connectivity index (χ2v) is 10.1. The number of carbonyl (C=O) groups is 1. The number of aromatic nitrogens is 1. The van der Waals surface area contributed by atoms with Gasteiger partial charge in [-0.15, -0.1) is 0 Å². The number of fused-ring (bicyclic) bond motifs is 1. The van der Waals surface area contributed by atoms with E-state index < -0.39 is 0 Å². The van der Waals surface area contributed by atoms with Crippen LogP contribution in [0.5, 0.6) is 0 Å². The quantitative estimate of drug-likeness (QED) is 0.127. The normalized spacial score (nSPS) is 11.3. The lowest BCUT2D eigenvalue weighted by Crippen LogP contribution is -2.25. The number of hydrogen-bond acceptors (Lipinski definition) is 2. The van der Waals surface area contributed by atoms with Gasteiger partial charge in [-0.1, -0.05) is 122 Å². The number of anilines is 1. The van der Waals surface area contributed by atoms with E-state index in [9.17, 15) is 4.79 Å². The number of H-pyrrole nitrogens is 1. The van der Waals surface area contributed by atoms with Crippen molar-refractivity contribution in [3.63, 3.8) is 0 Å². The Morgan fingerprint density at radius 1 is 0.794 bits per heavy atom. The van der Waals surface area contributed by atoms with Crippen molar-refractivity contribution in [3.8, 4) is 0 Å². The number of aromatic amines is 1. The predicted molar refractivity (Wildman–Crippen MR) is 148 cm³/mol. The van der Waals surface area contributed by atoms with Crippen molar-refractivity contribution < 1.29 is 4.79 Å². The number of amides is 1. The number of benzene rings is 1. The molecule has 0 aliphatic rings. The van der Waals surface area contributed by atoms with Gasteiger partial charge in [-0.3, -0.25) is 4.79 Å². The van der Waals surface area contributed by atoms with Crippen LogP contribution in [-0.2, 0) is 11.2 Å². The predicted octanol–water partition coefficient (Wildman–Crippen LogP) is 8.45. The molecule has 34 heavy (non-hydrogen) atoms. The molecule has 1 aromatic heterocycles. The van der Waals surface area contributed by atoms with E-state index in [-0.39, 0.29) is 5.91 Å². The Hall–Kier alpha value is -1.97. The molecule has 1 amide bonds. The van der Waals surface area contributed by atoms with Crippen LogP contribution < -0.4 is 11.1 Å². The Morgan fingerprint density at radius 2 is 1.32 bits per heavy atom. The largest absolute Gasteiger partial charge is 0.397 e. The van der Waals surface area contributed by atoms with Crippen molar-refractivity contribution in [1.82, 2.24) is 10.3 Å². The fourth-order valence-electron chi connectivity index (χ4n) is 4.88. The smallest absolute Gasteiger partial charge is 0.220 e. The van der Waals surface area contributed by atoms with Gasteiger partial charge in [0, 0.05) is 24.5 Å². The molecular formula is C30H51N3O. The van der Waals surface area contributed by atoms with Crippen molar-refractivity contribution >= 4 is 22.5 Å². The van der Waals surface area contributed by atoms with Crippen LogP contribution in [0.3, 0.4) is 0 Å². The van der Waals surface area contributed by atoms with Crippen LogP contribution in [0.1, 0.15) is 128 Å². The van der Waals surface area contributed by atoms with Crippen LogP contribution in [-0.4, -0.2) is 17.4 Å². The highest BCUT2D eigenvalue weighted by Gasteiger charge is 2.06. The van der Waals surface area contributed by atoms with Gasteiger partial charge in [-0.2, -0.15) is 0 Å². The fourth-order valence-corrected chi connectivity index (χ4v) is 4.88. The summed E-state index contributed by atoms with van der Waals surface area (Å²) in [6.45, 7) is 2.97. The van der Waals surface area contributed by atoms with Gasteiger partial charge >= 0.3 is 0 Å². The van der Waals surface area contributed by atoms with Crippen molar-refractivity contribution in [1.29, 1.82) is 0 Å². The van der Waals surface area contributed by atoms with E-state index >= 15 is 0 Å². The molecule has 0 aliphatic heterocycles. The van der Waals surface area contributed by atoms with Gasteiger partial charge in [-0.25, -0.2) is 0 Å². The van der Waals surface area contributed by atoms with Crippen LogP contribution in [0, 0.1) is 0 Å². The van der Waals surface area contributed by atoms with Crippen molar-refractivity contribution in [2.45, 2.75) is 129 Å². The second-order valence-electron chi connectivity index (χ2n) is 10.1. The molecule has 2 aromatic rings. The first-order valence-electron chi connectivity index (χ1n) is 14.3. The van der Waals surface area contributed by atoms with E-state index in [1.54, 1.807) is 0 Å². The summed E-state index contributed by atoms with van der Waals surface area (Å²) in [6, 6.07) is 5.96. The number of nitrogen functional groups attached to an aromatic ring is 1. The lowest BCUT2D eigenvalue weighted by atomic mass is 10.0. The molecular weight excluding hydrogens is 418 g/mol. The summed E-state index contributed by atoms with van der Waals surface area (Å²) in [5, 5.41) is 4.23. The molecule has 0 atom stereocenters. The summed E-state index contributed by atoms with van der Waals surface area (Å²) < 4.78 is 0. The zero-order chi connectivity index (χ0) is 24.3. The molecule has 0 spiro atoms. The number of para-hydroxylation sites is 1. The van der Waals surface area contributed by atoms with Crippen molar-refractivity contribution in [2.75, 3.05) is 12.3 Å². The summed E-state index contributed by atoms with van der Waals surface area (Å²) in [5.74, 6) is 0.181. The van der Waals surface area contributed by atoms with Crippen LogP contribution in [0.25, 0.3) is 10.9 Å². The van der Waals surface area contributed by atoms with E-state index in [2.05, 4.69) is 23.3 Å². The molecule has 0 unspecified atom stereocenters. The Labute approximate surface area is 208 Å². The van der Waals surface area contributed by atoms with Crippen LogP contribution in [0.4, 0.5) is 5.69 Å². The molecule has 192 valence electrons. The Bertz CT molecular complexity index is 782. The molecule has 2 rings (SSSR count). The number of nitrogens with one attached hydrogen (secondary N) is 2. The molecule has 4 N–H and O–H groups in total. The van der Waals surface area contributed by atoms with Gasteiger partial charge < -0.3 is 16.0 Å². The third kappa shape index (κ3) is 11.9. The Kier molecular flexibility index (Phi) is 15.3. The minimum Gasteiger partial charge on any atom is -0.397 e. The van der Waals surface area contributed by atoms with Gasteiger partial charge in [0.25, 0.3) is 0 Å². The average molecular weight is 470 g/mol. The number of rotatable bonds is 21. The van der Waals surface area contributed by atoms with Crippen LogP contribution >= 0.6 is 0 Å². The van der Waals surface area contributed by atoms with Gasteiger partial charge in [0.05, 0.1) is 11.2 Å². The summed E-state index contributed by atoms with van der Waals surface area (Å²) in [4.78, 5) is 15.4. The maximum Gasteiger partial charge on any atom is 0.220 e. The molecule has 0 radical (unpaired) electrons. The monoisotopic (exact) mass is 469 g/mol. The summed E-state index contributed by atoms with van der Waals surface area (Å²) in [6.07, 6.45) is 26.7. The fraction of sp³-hybridized carbons (Fsp3) is 0.700. The molecule has 4 nitrogen and oxygen atoms in total. The molecule has 1 aromatic carbocycles. The zero-order valence-corrected chi connectivity index (χ0v) is 21.9. The third-order valence-electron chi connectivity index (χ3n) is 7.06. The van der Waals surface area contributed by atoms with Gasteiger partial charge in [0.2, 0.25) is 5.91 Å². The van der Waals surface area contributed by atoms with Crippen LogP contribution in [0.2, 0.25) is 0 Å². The Balaban J connectivity index is 1.33. The first-order valence-corrected chi connectivity index (χ1v) is 14.3. The van der Waals surface area contributed by atoms with E-state index in [4.69, 9.17) is 5.73 Å². The number of unbranched alkanes of at least 4 members (excludes halogenated alkanes) is 16. The average Bonchev–Trinajstić information content (AvgIpc) is 3.25. The minimum absolute atomic E-state index is 0.181. The van der Waals surface area contributed by atoms with E-state index in [0.29, 0.717) is 13.0 Å². The molecule has 1 heterocycles. The molecule has 0 bridgehead atoms. The number of nitrogens with two attached hydrogens (primary N) is 1. The topological polar surface area (TPSA) is 70.9 Å². The lowest BCUT2D eigenvalue weighted by molar-refractivity contribution is -0.121. The number of hydrogen-bond donors (Lipinski definition) is 3. The van der Waals surface area contributed by atoms with Gasteiger partial charge in [0.15, 0.2) is 0 Å². The second kappa shape index (κ2) is 18.4. The first kappa shape index (κ1) is 28.3. The standard InChI is InChI=1S/C30H51N3O/c1-2-3-4-5-6-7-8-9-10-11-12-13-14-15-16-17-18-22-29(34)32-24-23-26-25-33-30-27(26)20-19-21-28(30)31/h19-21,25,33H,2-18,22-24,31H2,1H3,(H,32,34). The number of carbonyl (C=O) groups excluding carboxylic acids is 1. The van der Waals surface area contributed by atoms with E-state index in [1.807, 2.05) is 18.3 Å². The lowest BCUT2D eigenvalue weighted by Gasteiger charge is -2.06. The van der Waals surface area contributed by atoms with Gasteiger partial charge in [0.1, 0.15) is 0 Å². The zero-order valence-electron chi connectivity index (χ0n) is 21.9. The minimum atomic E-state index is 0.181. The molecule has 0 saturated carbocycles. The maximum absolute atomic E-state index is 12.1. The first-order chi connectivity index (χ1) is 16.7. The molecule has 0 saturated heterocycles. The molecule has 4 heteroatoms. The van der Waals surface area contributed by atoms with Crippen LogP contribution in [0.15, 0.2) is 24.4 Å². The van der Waals surface area contributed by atoms with Crippen molar-refractivity contribution in [2.24, 2.45) is 0 Å². The molecule has 0 fully saturated rings. The van der Waals surface area contributed by atoms with Gasteiger partial charge in [-0.05, 0) is 24.5 Å².